The van der Waals surface area contributed by atoms with E-state index in [1.807, 2.05) is 19.9 Å². The molecule has 2 aromatic rings. The number of nitro groups is 1. The molecule has 0 saturated carbocycles. The van der Waals surface area contributed by atoms with Crippen LogP contribution in [0.15, 0.2) is 48.0 Å². The highest BCUT2D eigenvalue weighted by atomic mass is 16.6. The molecular formula is C21H21N3O5. The van der Waals surface area contributed by atoms with Crippen LogP contribution < -0.4 is 14.8 Å². The maximum atomic E-state index is 12.0. The second-order valence-corrected chi connectivity index (χ2v) is 6.42. The highest BCUT2D eigenvalue weighted by Gasteiger charge is 2.12. The summed E-state index contributed by atoms with van der Waals surface area (Å²) >= 11 is 0. The van der Waals surface area contributed by atoms with E-state index in [1.54, 1.807) is 30.3 Å². The van der Waals surface area contributed by atoms with Gasteiger partial charge in [0.05, 0.1) is 12.0 Å². The van der Waals surface area contributed by atoms with Crippen LogP contribution in [0.1, 0.15) is 25.0 Å². The summed E-state index contributed by atoms with van der Waals surface area (Å²) in [6.45, 7) is 3.82. The van der Waals surface area contributed by atoms with Crippen LogP contribution in [-0.4, -0.2) is 24.0 Å². The zero-order valence-corrected chi connectivity index (χ0v) is 16.3. The Morgan fingerprint density at radius 3 is 2.48 bits per heavy atom. The molecule has 1 N–H and O–H groups in total. The lowest BCUT2D eigenvalue weighted by atomic mass is 10.1. The fraction of sp³-hybridized carbons (Fsp3) is 0.238. The molecule has 0 saturated heterocycles. The Kier molecular flexibility index (Phi) is 7.32. The molecule has 2 rings (SSSR count). The maximum absolute atomic E-state index is 12.0. The van der Waals surface area contributed by atoms with E-state index in [4.69, 9.17) is 9.47 Å². The van der Waals surface area contributed by atoms with Gasteiger partial charge in [-0.3, -0.25) is 14.9 Å². The summed E-state index contributed by atoms with van der Waals surface area (Å²) in [5.74, 6) is 0.454. The van der Waals surface area contributed by atoms with Gasteiger partial charge in [0, 0.05) is 18.2 Å². The van der Waals surface area contributed by atoms with Gasteiger partial charge in [0.25, 0.3) is 11.6 Å². The van der Waals surface area contributed by atoms with Crippen LogP contribution in [0.2, 0.25) is 0 Å². The number of methoxy groups -OCH3 is 1. The summed E-state index contributed by atoms with van der Waals surface area (Å²) in [6.07, 6.45) is 1.47. The second-order valence-electron chi connectivity index (χ2n) is 6.42. The lowest BCUT2D eigenvalue weighted by Crippen LogP contribution is -2.30. The number of ether oxygens (including phenoxy) is 2. The predicted octanol–water partition coefficient (Wildman–Crippen LogP) is 3.61. The zero-order valence-electron chi connectivity index (χ0n) is 16.3. The molecule has 0 spiro atoms. The molecule has 0 aromatic heterocycles. The van der Waals surface area contributed by atoms with E-state index in [2.05, 4.69) is 5.32 Å². The Morgan fingerprint density at radius 1 is 1.24 bits per heavy atom. The number of carbonyl (C=O) groups excluding carboxylic acids is 1. The van der Waals surface area contributed by atoms with Crippen LogP contribution in [0, 0.1) is 21.4 Å². The van der Waals surface area contributed by atoms with Crippen molar-refractivity contribution < 1.29 is 19.2 Å². The van der Waals surface area contributed by atoms with Crippen LogP contribution in [0.25, 0.3) is 6.08 Å². The first kappa shape index (κ1) is 21.4. The average molecular weight is 395 g/mol. The normalized spacial score (nSPS) is 10.9. The van der Waals surface area contributed by atoms with E-state index in [0.717, 1.165) is 5.56 Å². The number of non-ortho nitro benzene ring substituents is 1. The third-order valence-electron chi connectivity index (χ3n) is 3.83. The molecule has 0 bridgehead atoms. The van der Waals surface area contributed by atoms with Gasteiger partial charge < -0.3 is 14.8 Å². The van der Waals surface area contributed by atoms with Crippen LogP contribution in [0.3, 0.4) is 0 Å². The van der Waals surface area contributed by atoms with E-state index in [-0.39, 0.29) is 23.9 Å². The first-order valence-corrected chi connectivity index (χ1v) is 8.81. The highest BCUT2D eigenvalue weighted by molar-refractivity contribution is 6.01. The smallest absolute Gasteiger partial charge is 0.269 e. The quantitative estimate of drug-likeness (QED) is 0.316. The third kappa shape index (κ3) is 6.07. The van der Waals surface area contributed by atoms with Gasteiger partial charge in [-0.1, -0.05) is 6.07 Å². The van der Waals surface area contributed by atoms with Crippen molar-refractivity contribution in [1.82, 2.24) is 5.32 Å². The first-order valence-electron chi connectivity index (χ1n) is 8.81. The van der Waals surface area contributed by atoms with Crippen LogP contribution in [0.4, 0.5) is 5.69 Å². The van der Waals surface area contributed by atoms with Crippen molar-refractivity contribution in [2.24, 2.45) is 0 Å². The van der Waals surface area contributed by atoms with Crippen molar-refractivity contribution in [3.05, 3.63) is 69.3 Å². The fourth-order valence-electron chi connectivity index (χ4n) is 2.42. The van der Waals surface area contributed by atoms with Gasteiger partial charge in [0.2, 0.25) is 0 Å². The number of rotatable bonds is 8. The molecule has 29 heavy (non-hydrogen) atoms. The lowest BCUT2D eigenvalue weighted by molar-refractivity contribution is -0.384. The molecule has 0 unspecified atom stereocenters. The Balaban J connectivity index is 2.15. The van der Waals surface area contributed by atoms with E-state index < -0.39 is 10.8 Å². The zero-order chi connectivity index (χ0) is 21.4. The summed E-state index contributed by atoms with van der Waals surface area (Å²) < 4.78 is 11.1. The van der Waals surface area contributed by atoms with Crippen molar-refractivity contribution >= 4 is 17.7 Å². The van der Waals surface area contributed by atoms with Crippen molar-refractivity contribution in [2.45, 2.75) is 26.5 Å². The van der Waals surface area contributed by atoms with Gasteiger partial charge >= 0.3 is 0 Å². The Bertz CT molecular complexity index is 959. The standard InChI is InChI=1S/C21H21N3O5/c1-14(2)23-21(25)17(12-22)10-16-6-9-19(20(11-16)28-3)29-13-15-4-7-18(8-5-15)24(26)27/h4-11,14H,13H2,1-3H3,(H,23,25)/b17-10-. The highest BCUT2D eigenvalue weighted by Crippen LogP contribution is 2.30. The van der Waals surface area contributed by atoms with Crippen LogP contribution in [-0.2, 0) is 11.4 Å². The third-order valence-corrected chi connectivity index (χ3v) is 3.83. The van der Waals surface area contributed by atoms with E-state index >= 15 is 0 Å². The number of nitriles is 1. The topological polar surface area (TPSA) is 114 Å². The van der Waals surface area contributed by atoms with Gasteiger partial charge in [0.1, 0.15) is 18.2 Å². The van der Waals surface area contributed by atoms with Crippen molar-refractivity contribution in [2.75, 3.05) is 7.11 Å². The number of amides is 1. The van der Waals surface area contributed by atoms with Gasteiger partial charge in [-0.15, -0.1) is 0 Å². The van der Waals surface area contributed by atoms with Gasteiger partial charge in [-0.05, 0) is 55.3 Å². The molecule has 0 aliphatic carbocycles. The number of benzene rings is 2. The SMILES string of the molecule is COc1cc(/C=C(/C#N)C(=O)NC(C)C)ccc1OCc1ccc([N+](=O)[O-])cc1. The van der Waals surface area contributed by atoms with E-state index in [1.165, 1.54) is 25.3 Å². The van der Waals surface area contributed by atoms with E-state index in [9.17, 15) is 20.2 Å². The molecule has 0 radical (unpaired) electrons. The number of nitrogens with zero attached hydrogens (tertiary/aromatic N) is 2. The van der Waals surface area contributed by atoms with Crippen LogP contribution in [0.5, 0.6) is 11.5 Å². The van der Waals surface area contributed by atoms with Gasteiger partial charge in [0.15, 0.2) is 11.5 Å². The molecule has 8 heteroatoms. The molecule has 150 valence electrons. The van der Waals surface area contributed by atoms with Crippen molar-refractivity contribution in [3.63, 3.8) is 0 Å². The molecule has 8 nitrogen and oxygen atoms in total. The molecular weight excluding hydrogens is 374 g/mol. The summed E-state index contributed by atoms with van der Waals surface area (Å²) in [7, 11) is 1.48. The average Bonchev–Trinajstić information content (AvgIpc) is 2.70. The second kappa shape index (κ2) is 9.90. The minimum Gasteiger partial charge on any atom is -0.493 e. The number of hydrogen-bond donors (Lipinski definition) is 1. The Labute approximate surface area is 168 Å². The number of hydrogen-bond acceptors (Lipinski definition) is 6. The molecule has 0 aliphatic heterocycles. The summed E-state index contributed by atoms with van der Waals surface area (Å²) in [5.41, 5.74) is 1.37. The minimum absolute atomic E-state index is 0.0114. The first-order chi connectivity index (χ1) is 13.8. The molecule has 0 aliphatic rings. The molecule has 0 atom stereocenters. The largest absolute Gasteiger partial charge is 0.493 e. The van der Waals surface area contributed by atoms with Crippen LogP contribution >= 0.6 is 0 Å². The maximum Gasteiger partial charge on any atom is 0.269 e. The number of nitro benzene ring substituents is 1. The molecule has 1 amide bonds. The fourth-order valence-corrected chi connectivity index (χ4v) is 2.42. The monoisotopic (exact) mass is 395 g/mol. The summed E-state index contributed by atoms with van der Waals surface area (Å²) in [6, 6.07) is 12.9. The van der Waals surface area contributed by atoms with Crippen molar-refractivity contribution in [3.8, 4) is 17.6 Å². The lowest BCUT2D eigenvalue weighted by Gasteiger charge is -2.12. The predicted molar refractivity (Wildman–Crippen MR) is 107 cm³/mol. The summed E-state index contributed by atoms with van der Waals surface area (Å²) in [5, 5.41) is 22.6. The van der Waals surface area contributed by atoms with Gasteiger partial charge in [-0.2, -0.15) is 5.26 Å². The summed E-state index contributed by atoms with van der Waals surface area (Å²) in [4.78, 5) is 22.3. The van der Waals surface area contributed by atoms with Gasteiger partial charge in [-0.25, -0.2) is 0 Å². The van der Waals surface area contributed by atoms with E-state index in [0.29, 0.717) is 17.1 Å². The minimum atomic E-state index is -0.461. The molecule has 0 heterocycles. The number of carbonyl (C=O) groups is 1. The number of nitrogens with one attached hydrogen (secondary N) is 1. The molecule has 0 fully saturated rings. The Morgan fingerprint density at radius 2 is 1.93 bits per heavy atom. The van der Waals surface area contributed by atoms with Crippen molar-refractivity contribution in [1.29, 1.82) is 5.26 Å². The molecule has 2 aromatic carbocycles. The Hall–Kier alpha value is -3.86.